The fourth-order valence-electron chi connectivity index (χ4n) is 5.28. The van der Waals surface area contributed by atoms with Gasteiger partial charge in [-0.05, 0) is 30.0 Å². The zero-order valence-electron chi connectivity index (χ0n) is 23.5. The Labute approximate surface area is 240 Å². The minimum Gasteiger partial charge on any atom is -0.492 e. The van der Waals surface area contributed by atoms with Crippen LogP contribution in [-0.4, -0.2) is 87.8 Å². The summed E-state index contributed by atoms with van der Waals surface area (Å²) in [6, 6.07) is 15.0. The summed E-state index contributed by atoms with van der Waals surface area (Å²) in [6.07, 6.45) is 11.5. The Hall–Kier alpha value is -4.28. The van der Waals surface area contributed by atoms with Crippen LogP contribution in [0.15, 0.2) is 72.4 Å². The number of pyridine rings is 1. The molecule has 212 valence electrons. The van der Waals surface area contributed by atoms with E-state index in [1.165, 1.54) is 25.9 Å². The Morgan fingerprint density at radius 3 is 2.66 bits per heavy atom. The van der Waals surface area contributed by atoms with Gasteiger partial charge >= 0.3 is 0 Å². The minimum atomic E-state index is 0.629. The summed E-state index contributed by atoms with van der Waals surface area (Å²) in [5.74, 6) is 1.57. The number of nitrogens with zero attached hydrogens (tertiary/aromatic N) is 7. The van der Waals surface area contributed by atoms with Gasteiger partial charge in [-0.2, -0.15) is 0 Å². The van der Waals surface area contributed by atoms with Crippen molar-refractivity contribution in [2.45, 2.75) is 25.4 Å². The average Bonchev–Trinajstić information content (AvgIpc) is 3.78. The molecule has 4 aromatic rings. The van der Waals surface area contributed by atoms with Gasteiger partial charge in [-0.1, -0.05) is 24.3 Å². The van der Waals surface area contributed by atoms with Gasteiger partial charge in [-0.3, -0.25) is 19.2 Å². The predicted octanol–water partition coefficient (Wildman–Crippen LogP) is 3.56. The Morgan fingerprint density at radius 1 is 1.07 bits per heavy atom. The summed E-state index contributed by atoms with van der Waals surface area (Å²) in [6.45, 7) is 6.88. The number of imidazole rings is 1. The molecule has 1 saturated heterocycles. The quantitative estimate of drug-likeness (QED) is 0.273. The normalized spacial score (nSPS) is 17.0. The highest BCUT2D eigenvalue weighted by Crippen LogP contribution is 2.27. The molecule has 10 nitrogen and oxygen atoms in total. The van der Waals surface area contributed by atoms with Crippen molar-refractivity contribution in [1.82, 2.24) is 29.2 Å². The van der Waals surface area contributed by atoms with Crippen LogP contribution in [0.1, 0.15) is 24.0 Å². The lowest BCUT2D eigenvalue weighted by Gasteiger charge is -2.34. The number of nitrogens with two attached hydrogens (primary N) is 1. The van der Waals surface area contributed by atoms with E-state index in [1.807, 2.05) is 47.1 Å². The third kappa shape index (κ3) is 6.55. The number of piperazine rings is 1. The number of anilines is 1. The van der Waals surface area contributed by atoms with Crippen molar-refractivity contribution in [2.75, 3.05) is 51.7 Å². The first-order valence-electron chi connectivity index (χ1n) is 14.3. The molecule has 1 aliphatic heterocycles. The molecule has 6 rings (SSSR count). The largest absolute Gasteiger partial charge is 0.492 e. The number of rotatable bonds is 11. The summed E-state index contributed by atoms with van der Waals surface area (Å²) < 4.78 is 8.12. The molecule has 4 heterocycles. The van der Waals surface area contributed by atoms with Gasteiger partial charge in [0.05, 0.1) is 17.6 Å². The van der Waals surface area contributed by atoms with Crippen LogP contribution in [0.2, 0.25) is 0 Å². The Morgan fingerprint density at radius 2 is 1.90 bits per heavy atom. The van der Waals surface area contributed by atoms with Gasteiger partial charge in [0.2, 0.25) is 0 Å². The maximum absolute atomic E-state index is 6.09. The van der Waals surface area contributed by atoms with Crippen LogP contribution in [0.5, 0.6) is 5.75 Å². The van der Waals surface area contributed by atoms with Crippen molar-refractivity contribution in [3.8, 4) is 17.1 Å². The molecular formula is C31H37N9O. The maximum atomic E-state index is 6.09. The second-order valence-corrected chi connectivity index (χ2v) is 10.5. The van der Waals surface area contributed by atoms with Crippen LogP contribution in [-0.2, 0) is 6.54 Å². The third-order valence-electron chi connectivity index (χ3n) is 7.77. The highest BCUT2D eigenvalue weighted by atomic mass is 16.5. The minimum absolute atomic E-state index is 0.629. The van der Waals surface area contributed by atoms with Crippen molar-refractivity contribution in [3.05, 3.63) is 78.5 Å². The molecular weight excluding hydrogens is 514 g/mol. The van der Waals surface area contributed by atoms with Gasteiger partial charge < -0.3 is 15.8 Å². The smallest absolute Gasteiger partial charge is 0.140 e. The molecule has 41 heavy (non-hydrogen) atoms. The molecule has 0 bridgehead atoms. The topological polar surface area (TPSA) is 109 Å². The van der Waals surface area contributed by atoms with E-state index in [4.69, 9.17) is 10.5 Å². The van der Waals surface area contributed by atoms with Crippen LogP contribution >= 0.6 is 0 Å². The lowest BCUT2D eigenvalue weighted by atomic mass is 10.1. The number of fused-ring (bicyclic) bond motifs is 1. The molecule has 1 aliphatic carbocycles. The lowest BCUT2D eigenvalue weighted by molar-refractivity contribution is 0.112. The molecule has 10 heteroatoms. The number of hydrogen-bond donors (Lipinski definition) is 2. The molecule has 3 aromatic heterocycles. The fraction of sp³-hybridized carbons (Fsp3) is 0.355. The fourth-order valence-corrected chi connectivity index (χ4v) is 5.28. The van der Waals surface area contributed by atoms with E-state index in [-0.39, 0.29) is 0 Å². The number of aromatic nitrogens is 4. The van der Waals surface area contributed by atoms with Crippen molar-refractivity contribution < 1.29 is 4.74 Å². The number of aliphatic imine (C=N–C) groups is 1. The molecule has 3 N–H and O–H groups in total. The number of hydrogen-bond acceptors (Lipinski definition) is 9. The Kier molecular flexibility index (Phi) is 8.20. The van der Waals surface area contributed by atoms with E-state index >= 15 is 0 Å². The monoisotopic (exact) mass is 551 g/mol. The van der Waals surface area contributed by atoms with Gasteiger partial charge in [0.25, 0.3) is 0 Å². The van der Waals surface area contributed by atoms with Gasteiger partial charge in [-0.25, -0.2) is 15.0 Å². The second-order valence-electron chi connectivity index (χ2n) is 10.5. The van der Waals surface area contributed by atoms with Gasteiger partial charge in [-0.15, -0.1) is 0 Å². The molecule has 0 unspecified atom stereocenters. The van der Waals surface area contributed by atoms with Crippen molar-refractivity contribution in [2.24, 2.45) is 10.7 Å². The van der Waals surface area contributed by atoms with Crippen LogP contribution in [0.3, 0.4) is 0 Å². The third-order valence-corrected chi connectivity index (χ3v) is 7.77. The predicted molar refractivity (Wildman–Crippen MR) is 163 cm³/mol. The summed E-state index contributed by atoms with van der Waals surface area (Å²) in [5.41, 5.74) is 11.3. The molecule has 0 radical (unpaired) electrons. The number of allylic oxidation sites excluding steroid dienone is 1. The first kappa shape index (κ1) is 26.9. The van der Waals surface area contributed by atoms with Crippen LogP contribution in [0.4, 0.5) is 5.82 Å². The van der Waals surface area contributed by atoms with E-state index in [2.05, 4.69) is 47.2 Å². The summed E-state index contributed by atoms with van der Waals surface area (Å²) in [5, 5.41) is 3.40. The number of nitrogens with one attached hydrogen (secondary N) is 1. The van der Waals surface area contributed by atoms with Gasteiger partial charge in [0.15, 0.2) is 0 Å². The van der Waals surface area contributed by atoms with Crippen LogP contribution < -0.4 is 15.8 Å². The number of benzene rings is 1. The Bertz CT molecular complexity index is 1520. The highest BCUT2D eigenvalue weighted by molar-refractivity contribution is 6.09. The lowest BCUT2D eigenvalue weighted by Crippen LogP contribution is -2.48. The molecule has 1 aromatic carbocycles. The molecule has 2 aliphatic rings. The standard InChI is InChI=1S/C31H37N9O/c1-33-20-25(18-32)24-4-2-23(3-5-24)19-34-30-17-28(36-22-37-30)29-21-35-31-16-27(8-9-40(29)31)41-15-14-38-10-12-39(13-11-38)26-6-7-26/h2-5,8-9,16-18,20-22,26H,6-7,10-15,19,32H2,1H3,(H,34,36,37). The van der Waals surface area contributed by atoms with Crippen LogP contribution in [0, 0.1) is 0 Å². The zero-order valence-corrected chi connectivity index (χ0v) is 23.5. The maximum Gasteiger partial charge on any atom is 0.140 e. The molecule has 0 atom stereocenters. The average molecular weight is 552 g/mol. The van der Waals surface area contributed by atoms with Crippen molar-refractivity contribution >= 4 is 23.3 Å². The van der Waals surface area contributed by atoms with E-state index in [0.29, 0.717) is 13.2 Å². The Balaban J connectivity index is 1.04. The SMILES string of the molecule is CN=CC(=CN)c1ccc(CNc2cc(-c3cnc4cc(OCCN5CCN(C6CC6)CC5)ccn34)ncn2)cc1. The summed E-state index contributed by atoms with van der Waals surface area (Å²) in [7, 11) is 1.73. The van der Waals surface area contributed by atoms with Crippen molar-refractivity contribution in [3.63, 3.8) is 0 Å². The summed E-state index contributed by atoms with van der Waals surface area (Å²) >= 11 is 0. The first-order valence-corrected chi connectivity index (χ1v) is 14.3. The van der Waals surface area contributed by atoms with E-state index < -0.39 is 0 Å². The van der Waals surface area contributed by atoms with Gasteiger partial charge in [0, 0.05) is 88.7 Å². The van der Waals surface area contributed by atoms with Crippen molar-refractivity contribution in [1.29, 1.82) is 0 Å². The van der Waals surface area contributed by atoms with E-state index in [9.17, 15) is 0 Å². The second kappa shape index (κ2) is 12.5. The molecule has 0 spiro atoms. The highest BCUT2D eigenvalue weighted by Gasteiger charge is 2.31. The van der Waals surface area contributed by atoms with E-state index in [1.54, 1.807) is 25.8 Å². The van der Waals surface area contributed by atoms with Gasteiger partial charge in [0.1, 0.15) is 30.1 Å². The first-order chi connectivity index (χ1) is 20.2. The molecule has 1 saturated carbocycles. The van der Waals surface area contributed by atoms with E-state index in [0.717, 1.165) is 71.0 Å². The summed E-state index contributed by atoms with van der Waals surface area (Å²) in [4.78, 5) is 22.7. The zero-order chi connectivity index (χ0) is 28.0. The molecule has 0 amide bonds. The molecule has 2 fully saturated rings. The number of ether oxygens (including phenoxy) is 1. The van der Waals surface area contributed by atoms with Crippen LogP contribution in [0.25, 0.3) is 22.6 Å².